The number of imidazole rings is 1. The second kappa shape index (κ2) is 13.1. The molecule has 0 saturated carbocycles. The number of aliphatic hydroxyl groups excluding tert-OH is 1. The minimum Gasteiger partial charge on any atom is -0.396 e. The molecular formula is C27H36FN7O4. The van der Waals surface area contributed by atoms with Crippen molar-refractivity contribution in [3.8, 4) is 22.6 Å². The number of aromatic amines is 1. The minimum atomic E-state index is -0.828. The normalized spacial score (nSPS) is 19.3. The first kappa shape index (κ1) is 28.6. The summed E-state index contributed by atoms with van der Waals surface area (Å²) in [5, 5.41) is 15.1. The number of ether oxygens (including phenoxy) is 2. The highest BCUT2D eigenvalue weighted by Gasteiger charge is 2.40. The van der Waals surface area contributed by atoms with Crippen molar-refractivity contribution in [2.75, 3.05) is 58.9 Å². The van der Waals surface area contributed by atoms with Gasteiger partial charge < -0.3 is 35.1 Å². The summed E-state index contributed by atoms with van der Waals surface area (Å²) in [6.45, 7) is 4.17. The van der Waals surface area contributed by atoms with Crippen molar-refractivity contribution in [1.82, 2.24) is 30.2 Å². The average Bonchev–Trinajstić information content (AvgIpc) is 3.37. The molecule has 0 spiro atoms. The smallest absolute Gasteiger partial charge is 0.230 e. The van der Waals surface area contributed by atoms with Gasteiger partial charge in [0, 0.05) is 31.5 Å². The van der Waals surface area contributed by atoms with E-state index in [1.807, 2.05) is 21.0 Å². The molecule has 12 heteroatoms. The topological polar surface area (TPSA) is 138 Å². The molecule has 1 aromatic carbocycles. The Labute approximate surface area is 227 Å². The number of aromatic nitrogens is 4. The Kier molecular flexibility index (Phi) is 9.57. The number of benzene rings is 1. The second-order valence-corrected chi connectivity index (χ2v) is 10.0. The van der Waals surface area contributed by atoms with Crippen molar-refractivity contribution in [3.63, 3.8) is 0 Å². The van der Waals surface area contributed by atoms with Crippen molar-refractivity contribution >= 4 is 11.9 Å². The van der Waals surface area contributed by atoms with Crippen molar-refractivity contribution in [3.05, 3.63) is 48.2 Å². The van der Waals surface area contributed by atoms with Gasteiger partial charge in [-0.1, -0.05) is 0 Å². The maximum atomic E-state index is 13.6. The van der Waals surface area contributed by atoms with Gasteiger partial charge in [-0.25, -0.2) is 19.3 Å². The van der Waals surface area contributed by atoms with E-state index in [9.17, 15) is 9.18 Å². The van der Waals surface area contributed by atoms with Gasteiger partial charge in [-0.3, -0.25) is 4.79 Å². The maximum absolute atomic E-state index is 13.6. The van der Waals surface area contributed by atoms with E-state index in [1.165, 1.54) is 12.1 Å². The van der Waals surface area contributed by atoms with E-state index in [2.05, 4.69) is 30.5 Å². The van der Waals surface area contributed by atoms with Crippen molar-refractivity contribution in [2.45, 2.75) is 26.1 Å². The Hall–Kier alpha value is -3.45. The minimum absolute atomic E-state index is 0.0594. The van der Waals surface area contributed by atoms with Crippen LogP contribution in [-0.2, 0) is 14.3 Å². The fraction of sp³-hybridized carbons (Fsp3) is 0.481. The number of aliphatic hydroxyl groups is 1. The lowest BCUT2D eigenvalue weighted by atomic mass is 9.91. The molecule has 11 nitrogen and oxygen atoms in total. The number of nitrogens with zero attached hydrogens (tertiary/aromatic N) is 4. The molecule has 1 amide bonds. The van der Waals surface area contributed by atoms with Crippen LogP contribution < -0.4 is 10.6 Å². The van der Waals surface area contributed by atoms with Crippen LogP contribution in [0.5, 0.6) is 0 Å². The Balaban J connectivity index is 1.52. The molecule has 0 atom stereocenters. The number of nitrogens with one attached hydrogen (secondary N) is 3. The largest absolute Gasteiger partial charge is 0.396 e. The van der Waals surface area contributed by atoms with Crippen LogP contribution >= 0.6 is 0 Å². The van der Waals surface area contributed by atoms with E-state index in [-0.39, 0.29) is 31.5 Å². The van der Waals surface area contributed by atoms with E-state index in [0.29, 0.717) is 53.9 Å². The summed E-state index contributed by atoms with van der Waals surface area (Å²) in [4.78, 5) is 31.7. The number of hydrogen-bond acceptors (Lipinski definition) is 9. The van der Waals surface area contributed by atoms with Crippen LogP contribution in [0.4, 0.5) is 10.3 Å². The van der Waals surface area contributed by atoms with Crippen LogP contribution in [0.25, 0.3) is 22.6 Å². The van der Waals surface area contributed by atoms with E-state index in [1.54, 1.807) is 24.4 Å². The number of hydrogen-bond donors (Lipinski definition) is 4. The lowest BCUT2D eigenvalue weighted by Crippen LogP contribution is -2.49. The third kappa shape index (κ3) is 7.35. The number of carbonyl (C=O) groups excluding carboxylic acids is 1. The zero-order valence-corrected chi connectivity index (χ0v) is 22.5. The zero-order chi connectivity index (χ0) is 27.8. The molecule has 0 aliphatic carbocycles. The molecule has 0 bridgehead atoms. The van der Waals surface area contributed by atoms with Crippen LogP contribution in [0.3, 0.4) is 0 Å². The second-order valence-electron chi connectivity index (χ2n) is 10.0. The molecule has 3 heterocycles. The average molecular weight is 542 g/mol. The highest BCUT2D eigenvalue weighted by atomic mass is 19.1. The summed E-state index contributed by atoms with van der Waals surface area (Å²) < 4.78 is 25.6. The summed E-state index contributed by atoms with van der Waals surface area (Å²) >= 11 is 0. The maximum Gasteiger partial charge on any atom is 0.230 e. The van der Waals surface area contributed by atoms with Gasteiger partial charge in [0.15, 0.2) is 5.82 Å². The lowest BCUT2D eigenvalue weighted by molar-refractivity contribution is -0.231. The van der Waals surface area contributed by atoms with E-state index >= 15 is 0 Å². The van der Waals surface area contributed by atoms with E-state index in [0.717, 1.165) is 13.0 Å². The Morgan fingerprint density at radius 2 is 1.90 bits per heavy atom. The predicted molar refractivity (Wildman–Crippen MR) is 144 cm³/mol. The lowest BCUT2D eigenvalue weighted by Gasteiger charge is -2.35. The molecule has 3 aromatic rings. The van der Waals surface area contributed by atoms with Gasteiger partial charge in [0.2, 0.25) is 18.1 Å². The highest BCUT2D eigenvalue weighted by molar-refractivity contribution is 5.82. The third-order valence-electron chi connectivity index (χ3n) is 6.32. The fourth-order valence-corrected chi connectivity index (χ4v) is 4.08. The Bertz CT molecular complexity index is 1230. The number of rotatable bonds is 12. The summed E-state index contributed by atoms with van der Waals surface area (Å²) in [5.74, 6) is 0.339. The fourth-order valence-electron chi connectivity index (χ4n) is 4.08. The SMILES string of the molecule is CN(C)CCCNC(=O)C1(C)COC(c2nc(-c3ccc(F)cc3)c(-c3ccnc(NCCCO)n3)[nH]2)OC1. The summed E-state index contributed by atoms with van der Waals surface area (Å²) in [5.41, 5.74) is 1.55. The molecule has 4 rings (SSSR count). The van der Waals surface area contributed by atoms with E-state index in [4.69, 9.17) is 19.6 Å². The number of halogens is 1. The molecule has 2 aromatic heterocycles. The third-order valence-corrected chi connectivity index (χ3v) is 6.32. The molecule has 210 valence electrons. The van der Waals surface area contributed by atoms with Gasteiger partial charge in [-0.2, -0.15) is 0 Å². The first-order valence-corrected chi connectivity index (χ1v) is 13.0. The van der Waals surface area contributed by atoms with Crippen LogP contribution in [0.2, 0.25) is 0 Å². The van der Waals surface area contributed by atoms with Crippen LogP contribution in [-0.4, -0.2) is 89.4 Å². The van der Waals surface area contributed by atoms with Crippen molar-refractivity contribution in [1.29, 1.82) is 0 Å². The molecular weight excluding hydrogens is 505 g/mol. The summed E-state index contributed by atoms with van der Waals surface area (Å²) in [7, 11) is 3.99. The first-order valence-electron chi connectivity index (χ1n) is 13.0. The van der Waals surface area contributed by atoms with E-state index < -0.39 is 11.7 Å². The van der Waals surface area contributed by atoms with Crippen molar-refractivity contribution < 1.29 is 23.8 Å². The molecule has 1 saturated heterocycles. The van der Waals surface area contributed by atoms with Crippen LogP contribution in [0, 0.1) is 11.2 Å². The van der Waals surface area contributed by atoms with Gasteiger partial charge in [0.25, 0.3) is 0 Å². The standard InChI is InChI=1S/C27H36FN7O4/c1-27(25(37)29-11-4-14-35(2)3)16-38-24(39-17-27)23-33-21(18-6-8-19(28)9-7-18)22(34-23)20-10-13-31-26(32-20)30-12-5-15-36/h6-10,13,24,36H,4-5,11-12,14-17H2,1-3H3,(H,29,37)(H,33,34)(H,30,31,32). The van der Waals surface area contributed by atoms with Gasteiger partial charge in [0.05, 0.1) is 35.7 Å². The van der Waals surface area contributed by atoms with Gasteiger partial charge in [-0.15, -0.1) is 0 Å². The van der Waals surface area contributed by atoms with Gasteiger partial charge >= 0.3 is 0 Å². The van der Waals surface area contributed by atoms with Gasteiger partial charge in [0.1, 0.15) is 5.82 Å². The number of anilines is 1. The predicted octanol–water partition coefficient (Wildman–Crippen LogP) is 2.59. The molecule has 4 N–H and O–H groups in total. The molecule has 0 unspecified atom stereocenters. The Morgan fingerprint density at radius 1 is 1.15 bits per heavy atom. The molecule has 0 radical (unpaired) electrons. The summed E-state index contributed by atoms with van der Waals surface area (Å²) in [6, 6.07) is 7.75. The molecule has 1 fully saturated rings. The number of amides is 1. The molecule has 1 aliphatic rings. The molecule has 1 aliphatic heterocycles. The number of H-pyrrole nitrogens is 1. The first-order chi connectivity index (χ1) is 18.8. The van der Waals surface area contributed by atoms with Gasteiger partial charge in [-0.05, 0) is 70.7 Å². The zero-order valence-electron chi connectivity index (χ0n) is 22.5. The van der Waals surface area contributed by atoms with Crippen LogP contribution in [0.15, 0.2) is 36.5 Å². The molecule has 39 heavy (non-hydrogen) atoms. The van der Waals surface area contributed by atoms with Crippen LogP contribution in [0.1, 0.15) is 31.9 Å². The monoisotopic (exact) mass is 541 g/mol. The number of carbonyl (C=O) groups is 1. The Morgan fingerprint density at radius 3 is 2.59 bits per heavy atom. The highest BCUT2D eigenvalue weighted by Crippen LogP contribution is 2.35. The summed E-state index contributed by atoms with van der Waals surface area (Å²) in [6.07, 6.45) is 2.21. The quantitative estimate of drug-likeness (QED) is 0.255. The van der Waals surface area contributed by atoms with Crippen molar-refractivity contribution in [2.24, 2.45) is 5.41 Å².